The van der Waals surface area contributed by atoms with E-state index < -0.39 is 0 Å². The monoisotopic (exact) mass is 309 g/mol. The third kappa shape index (κ3) is 1.21. The van der Waals surface area contributed by atoms with Crippen molar-refractivity contribution in [3.05, 3.63) is 40.7 Å². The van der Waals surface area contributed by atoms with Gasteiger partial charge < -0.3 is 14.7 Å². The van der Waals surface area contributed by atoms with Gasteiger partial charge in [-0.2, -0.15) is 5.10 Å². The van der Waals surface area contributed by atoms with E-state index in [1.54, 1.807) is 6.07 Å². The normalized spacial score (nSPS) is 36.3. The van der Waals surface area contributed by atoms with E-state index in [0.717, 1.165) is 37.3 Å². The van der Waals surface area contributed by atoms with E-state index in [4.69, 9.17) is 4.74 Å². The summed E-state index contributed by atoms with van der Waals surface area (Å²) in [6, 6.07) is 4.44. The van der Waals surface area contributed by atoms with Crippen LogP contribution in [0.5, 0.6) is 11.5 Å². The Bertz CT molecular complexity index is 845. The minimum atomic E-state index is -0.0303. The van der Waals surface area contributed by atoms with Crippen LogP contribution in [0.3, 0.4) is 0 Å². The molecule has 1 saturated heterocycles. The topological polar surface area (TPSA) is 61.4 Å². The lowest BCUT2D eigenvalue weighted by molar-refractivity contribution is -0.0256. The standard InChI is InChI=1S/C18H19N3O2/c1-21-5-4-18-11-6-10-8-19-20-15(10)17(18)23-16-13(22)3-2-9(14(16)18)7-12(11)21/h2-3,8,11-12,17,22H,4-7H2,1H3,(H,19,20)/t11-,12+,17?,18-/m0/s1. The van der Waals surface area contributed by atoms with Crippen LogP contribution in [-0.4, -0.2) is 39.8 Å². The van der Waals surface area contributed by atoms with Gasteiger partial charge in [-0.3, -0.25) is 5.10 Å². The number of phenolic OH excluding ortho intramolecular Hbond substituents is 1. The molecule has 2 aliphatic carbocycles. The van der Waals surface area contributed by atoms with Crippen LogP contribution in [0, 0.1) is 5.92 Å². The fourth-order valence-corrected chi connectivity index (χ4v) is 5.87. The van der Waals surface area contributed by atoms with Crippen molar-refractivity contribution in [1.82, 2.24) is 15.1 Å². The van der Waals surface area contributed by atoms with Crippen molar-refractivity contribution in [3.8, 4) is 11.5 Å². The van der Waals surface area contributed by atoms with Crippen molar-refractivity contribution in [2.45, 2.75) is 36.8 Å². The number of hydrogen-bond donors (Lipinski definition) is 2. The highest BCUT2D eigenvalue weighted by atomic mass is 16.5. The Hall–Kier alpha value is -2.01. The predicted octanol–water partition coefficient (Wildman–Crippen LogP) is 1.92. The third-order valence-corrected chi connectivity index (χ3v) is 6.85. The Kier molecular flexibility index (Phi) is 2.01. The lowest BCUT2D eigenvalue weighted by atomic mass is 9.52. The number of hydrogen-bond acceptors (Lipinski definition) is 4. The van der Waals surface area contributed by atoms with Gasteiger partial charge in [-0.05, 0) is 56.0 Å². The number of benzene rings is 1. The van der Waals surface area contributed by atoms with Gasteiger partial charge in [-0.1, -0.05) is 6.07 Å². The first-order valence-corrected chi connectivity index (χ1v) is 8.44. The zero-order valence-corrected chi connectivity index (χ0v) is 13.0. The zero-order valence-electron chi connectivity index (χ0n) is 13.0. The number of H-pyrrole nitrogens is 1. The molecule has 0 radical (unpaired) electrons. The number of aromatic nitrogens is 2. The minimum Gasteiger partial charge on any atom is -0.504 e. The molecule has 0 amide bonds. The van der Waals surface area contributed by atoms with Crippen molar-refractivity contribution >= 4 is 0 Å². The first-order chi connectivity index (χ1) is 11.2. The molecule has 2 bridgehead atoms. The number of likely N-dealkylation sites (tertiary alicyclic amines) is 1. The number of nitrogens with zero attached hydrogens (tertiary/aromatic N) is 2. The quantitative estimate of drug-likeness (QED) is 0.780. The van der Waals surface area contributed by atoms with Gasteiger partial charge in [-0.25, -0.2) is 0 Å². The summed E-state index contributed by atoms with van der Waals surface area (Å²) in [4.78, 5) is 2.52. The van der Waals surface area contributed by atoms with Crippen LogP contribution >= 0.6 is 0 Å². The summed E-state index contributed by atoms with van der Waals surface area (Å²) >= 11 is 0. The van der Waals surface area contributed by atoms with Crippen LogP contribution in [0.25, 0.3) is 0 Å². The molecule has 118 valence electrons. The van der Waals surface area contributed by atoms with Crippen molar-refractivity contribution in [1.29, 1.82) is 0 Å². The zero-order chi connectivity index (χ0) is 15.3. The fraction of sp³-hybridized carbons (Fsp3) is 0.500. The fourth-order valence-electron chi connectivity index (χ4n) is 5.87. The summed E-state index contributed by atoms with van der Waals surface area (Å²) in [6.45, 7) is 1.08. The molecule has 23 heavy (non-hydrogen) atoms. The van der Waals surface area contributed by atoms with Gasteiger partial charge in [0.1, 0.15) is 0 Å². The Morgan fingerprint density at radius 3 is 3.17 bits per heavy atom. The van der Waals surface area contributed by atoms with E-state index in [2.05, 4.69) is 28.2 Å². The summed E-state index contributed by atoms with van der Waals surface area (Å²) in [5.74, 6) is 1.54. The molecule has 1 aromatic carbocycles. The van der Waals surface area contributed by atoms with Crippen LogP contribution in [0.4, 0.5) is 0 Å². The van der Waals surface area contributed by atoms with Crippen molar-refractivity contribution in [2.75, 3.05) is 13.6 Å². The lowest BCUT2D eigenvalue weighted by Crippen LogP contribution is -2.62. The summed E-state index contributed by atoms with van der Waals surface area (Å²) < 4.78 is 6.39. The Morgan fingerprint density at radius 2 is 2.26 bits per heavy atom. The number of ether oxygens (including phenoxy) is 1. The summed E-state index contributed by atoms with van der Waals surface area (Å²) in [6.07, 6.45) is 5.11. The number of rotatable bonds is 0. The maximum atomic E-state index is 10.4. The molecular formula is C18H19N3O2. The Balaban J connectivity index is 1.71. The average Bonchev–Trinajstić information content (AvgIpc) is 3.13. The highest BCUT2D eigenvalue weighted by Crippen LogP contribution is 2.66. The molecule has 1 aromatic heterocycles. The van der Waals surface area contributed by atoms with Gasteiger partial charge >= 0.3 is 0 Å². The van der Waals surface area contributed by atoms with Gasteiger partial charge in [0.15, 0.2) is 17.6 Å². The molecule has 2 N–H and O–H groups in total. The highest BCUT2D eigenvalue weighted by molar-refractivity contribution is 5.62. The first kappa shape index (κ1) is 12.4. The summed E-state index contributed by atoms with van der Waals surface area (Å²) in [5.41, 5.74) is 5.05. The molecule has 5 nitrogen and oxygen atoms in total. The minimum absolute atomic E-state index is 0.00162. The van der Waals surface area contributed by atoms with Crippen LogP contribution < -0.4 is 4.74 Å². The number of aromatic hydroxyl groups is 1. The molecule has 1 spiro atoms. The predicted molar refractivity (Wildman–Crippen MR) is 83.7 cm³/mol. The summed E-state index contributed by atoms with van der Waals surface area (Å²) in [7, 11) is 2.25. The molecule has 1 fully saturated rings. The number of phenols is 1. The molecule has 2 aliphatic heterocycles. The number of piperidine rings is 1. The van der Waals surface area contributed by atoms with Gasteiger partial charge in [-0.15, -0.1) is 0 Å². The van der Waals surface area contributed by atoms with E-state index in [-0.39, 0.29) is 17.3 Å². The Morgan fingerprint density at radius 1 is 1.35 bits per heavy atom. The van der Waals surface area contributed by atoms with Crippen LogP contribution in [0.2, 0.25) is 0 Å². The van der Waals surface area contributed by atoms with Gasteiger partial charge in [0.05, 0.1) is 11.9 Å². The molecule has 4 aliphatic rings. The van der Waals surface area contributed by atoms with Crippen LogP contribution in [0.1, 0.15) is 34.9 Å². The maximum Gasteiger partial charge on any atom is 0.166 e. The van der Waals surface area contributed by atoms with Gasteiger partial charge in [0.2, 0.25) is 0 Å². The van der Waals surface area contributed by atoms with E-state index in [1.165, 1.54) is 16.7 Å². The number of fused-ring (bicyclic) bond motifs is 2. The second-order valence-corrected chi connectivity index (χ2v) is 7.61. The van der Waals surface area contributed by atoms with E-state index in [9.17, 15) is 5.11 Å². The molecule has 2 aromatic rings. The molecule has 3 heterocycles. The van der Waals surface area contributed by atoms with Crippen molar-refractivity contribution < 1.29 is 9.84 Å². The van der Waals surface area contributed by atoms with Gasteiger partial charge in [0.25, 0.3) is 0 Å². The van der Waals surface area contributed by atoms with Crippen LogP contribution in [0.15, 0.2) is 18.3 Å². The molecule has 5 heteroatoms. The smallest absolute Gasteiger partial charge is 0.166 e. The van der Waals surface area contributed by atoms with Crippen molar-refractivity contribution in [3.63, 3.8) is 0 Å². The number of nitrogens with one attached hydrogen (secondary N) is 1. The van der Waals surface area contributed by atoms with Crippen molar-refractivity contribution in [2.24, 2.45) is 5.92 Å². The summed E-state index contributed by atoms with van der Waals surface area (Å²) in [5, 5.41) is 17.9. The molecular weight excluding hydrogens is 290 g/mol. The first-order valence-electron chi connectivity index (χ1n) is 8.44. The highest BCUT2D eigenvalue weighted by Gasteiger charge is 2.64. The molecule has 0 saturated carbocycles. The van der Waals surface area contributed by atoms with Gasteiger partial charge in [0, 0.05) is 17.0 Å². The number of aromatic amines is 1. The number of likely N-dealkylation sites (N-methyl/N-ethyl adjacent to an activating group) is 1. The maximum absolute atomic E-state index is 10.4. The largest absolute Gasteiger partial charge is 0.504 e. The third-order valence-electron chi connectivity index (χ3n) is 6.85. The second kappa shape index (κ2) is 3.73. The van der Waals surface area contributed by atoms with E-state index in [0.29, 0.717) is 12.0 Å². The van der Waals surface area contributed by atoms with Crippen LogP contribution in [-0.2, 0) is 18.3 Å². The average molecular weight is 309 g/mol. The molecule has 1 unspecified atom stereocenters. The second-order valence-electron chi connectivity index (χ2n) is 7.61. The SMILES string of the molecule is CN1CC[C@]23c4c5ccc(O)c4OC2c2[nH]ncc2C[C@H]3[C@H]1C5. The van der Waals surface area contributed by atoms with E-state index >= 15 is 0 Å². The Labute approximate surface area is 134 Å². The van der Waals surface area contributed by atoms with E-state index in [1.807, 2.05) is 6.20 Å². The molecule has 4 atom stereocenters. The lowest BCUT2D eigenvalue weighted by Gasteiger charge is -2.57. The molecule has 6 rings (SSSR count).